The molecule has 1 heterocycles. The van der Waals surface area contributed by atoms with Gasteiger partial charge in [0.25, 0.3) is 5.20 Å². The number of alkyl halides is 1. The summed E-state index contributed by atoms with van der Waals surface area (Å²) in [6.45, 7) is 0. The molecule has 0 saturated heterocycles. The van der Waals surface area contributed by atoms with Crippen molar-refractivity contribution in [1.82, 2.24) is 0 Å². The van der Waals surface area contributed by atoms with Crippen molar-refractivity contribution < 1.29 is 14.3 Å². The molecule has 0 fully saturated rings. The van der Waals surface area contributed by atoms with Crippen LogP contribution in [-0.2, 0) is 0 Å². The molecule has 0 aromatic heterocycles. The van der Waals surface area contributed by atoms with Gasteiger partial charge in [0.2, 0.25) is 0 Å². The zero-order valence-electron chi connectivity index (χ0n) is 5.99. The molecular formula is C8H5BrO3. The fraction of sp³-hybridized carbons (Fsp3) is 0.125. The Morgan fingerprint density at radius 3 is 2.83 bits per heavy atom. The van der Waals surface area contributed by atoms with E-state index in [2.05, 4.69) is 15.9 Å². The Bertz CT molecular complexity index is 324. The molecule has 0 spiro atoms. The van der Waals surface area contributed by atoms with Crippen LogP contribution in [0.2, 0.25) is 0 Å². The lowest BCUT2D eigenvalue weighted by atomic mass is 10.2. The van der Waals surface area contributed by atoms with E-state index < -0.39 is 5.20 Å². The summed E-state index contributed by atoms with van der Waals surface area (Å²) in [5.74, 6) is 1.25. The van der Waals surface area contributed by atoms with Crippen molar-refractivity contribution in [2.45, 2.75) is 5.20 Å². The minimum Gasteiger partial charge on any atom is -0.441 e. The molecule has 1 atom stereocenters. The first kappa shape index (κ1) is 7.61. The molecule has 62 valence electrons. The lowest BCUT2D eigenvalue weighted by molar-refractivity contribution is 0.112. The largest absolute Gasteiger partial charge is 0.441 e. The third kappa shape index (κ3) is 1.18. The van der Waals surface area contributed by atoms with Crippen LogP contribution in [0.25, 0.3) is 0 Å². The molecule has 1 unspecified atom stereocenters. The Balaban J connectivity index is 2.41. The highest BCUT2D eigenvalue weighted by Gasteiger charge is 2.20. The molecule has 0 aliphatic carbocycles. The van der Waals surface area contributed by atoms with Crippen molar-refractivity contribution in [1.29, 1.82) is 0 Å². The standard InChI is InChI=1S/C8H5BrO3/c9-8-11-6-2-1-5(4-10)3-7(6)12-8/h1-4,8H. The van der Waals surface area contributed by atoms with E-state index in [0.717, 1.165) is 6.29 Å². The van der Waals surface area contributed by atoms with Crippen LogP contribution in [0.15, 0.2) is 18.2 Å². The number of rotatable bonds is 1. The van der Waals surface area contributed by atoms with Gasteiger partial charge in [0.15, 0.2) is 11.5 Å². The average Bonchev–Trinajstić information content (AvgIpc) is 2.43. The van der Waals surface area contributed by atoms with Crippen molar-refractivity contribution in [3.05, 3.63) is 23.8 Å². The molecule has 0 saturated carbocycles. The Morgan fingerprint density at radius 2 is 2.08 bits per heavy atom. The van der Waals surface area contributed by atoms with Crippen molar-refractivity contribution in [2.75, 3.05) is 0 Å². The highest BCUT2D eigenvalue weighted by Crippen LogP contribution is 2.36. The van der Waals surface area contributed by atoms with Crippen molar-refractivity contribution in [3.63, 3.8) is 0 Å². The van der Waals surface area contributed by atoms with Gasteiger partial charge in [-0.15, -0.1) is 0 Å². The van der Waals surface area contributed by atoms with E-state index in [4.69, 9.17) is 9.47 Å². The topological polar surface area (TPSA) is 35.5 Å². The summed E-state index contributed by atoms with van der Waals surface area (Å²) in [6.07, 6.45) is 0.769. The molecule has 1 aromatic carbocycles. The average molecular weight is 229 g/mol. The Kier molecular flexibility index (Phi) is 1.77. The molecule has 0 radical (unpaired) electrons. The number of carbonyl (C=O) groups excluding carboxylic acids is 1. The number of hydrogen-bond donors (Lipinski definition) is 0. The van der Waals surface area contributed by atoms with Gasteiger partial charge >= 0.3 is 0 Å². The predicted octanol–water partition coefficient (Wildman–Crippen LogP) is 1.95. The number of benzene rings is 1. The molecule has 4 heteroatoms. The number of carbonyl (C=O) groups is 1. The summed E-state index contributed by atoms with van der Waals surface area (Å²) >= 11 is 3.13. The Hall–Kier alpha value is -1.03. The van der Waals surface area contributed by atoms with Crippen molar-refractivity contribution >= 4 is 22.2 Å². The van der Waals surface area contributed by atoms with E-state index in [9.17, 15) is 4.79 Å². The lowest BCUT2D eigenvalue weighted by Gasteiger charge is -1.97. The highest BCUT2D eigenvalue weighted by atomic mass is 79.9. The second-order valence-electron chi connectivity index (χ2n) is 2.33. The molecule has 1 aromatic rings. The zero-order chi connectivity index (χ0) is 8.55. The number of fused-ring (bicyclic) bond motifs is 1. The van der Waals surface area contributed by atoms with Crippen LogP contribution in [0.4, 0.5) is 0 Å². The van der Waals surface area contributed by atoms with Crippen LogP contribution in [0.5, 0.6) is 11.5 Å². The van der Waals surface area contributed by atoms with Crippen LogP contribution in [0, 0.1) is 0 Å². The summed E-state index contributed by atoms with van der Waals surface area (Å²) in [5.41, 5.74) is 0.582. The van der Waals surface area contributed by atoms with Gasteiger partial charge in [-0.25, -0.2) is 0 Å². The lowest BCUT2D eigenvalue weighted by Crippen LogP contribution is -2.06. The third-order valence-corrected chi connectivity index (χ3v) is 1.92. The van der Waals surface area contributed by atoms with Gasteiger partial charge in [-0.3, -0.25) is 4.79 Å². The zero-order valence-corrected chi connectivity index (χ0v) is 7.58. The normalized spacial score (nSPS) is 19.2. The quantitative estimate of drug-likeness (QED) is 0.545. The first-order valence-corrected chi connectivity index (χ1v) is 4.28. The summed E-state index contributed by atoms with van der Waals surface area (Å²) in [7, 11) is 0. The summed E-state index contributed by atoms with van der Waals surface area (Å²) < 4.78 is 10.4. The Morgan fingerprint density at radius 1 is 1.33 bits per heavy atom. The minimum absolute atomic E-state index is 0.436. The van der Waals surface area contributed by atoms with Gasteiger partial charge in [0.1, 0.15) is 6.29 Å². The van der Waals surface area contributed by atoms with E-state index in [-0.39, 0.29) is 0 Å². The smallest absolute Gasteiger partial charge is 0.298 e. The van der Waals surface area contributed by atoms with Gasteiger partial charge in [-0.2, -0.15) is 0 Å². The molecule has 1 aliphatic heterocycles. The van der Waals surface area contributed by atoms with Crippen LogP contribution in [-0.4, -0.2) is 11.5 Å². The predicted molar refractivity (Wildman–Crippen MR) is 45.8 cm³/mol. The fourth-order valence-corrected chi connectivity index (χ4v) is 1.41. The van der Waals surface area contributed by atoms with E-state index in [1.807, 2.05) is 0 Å². The second kappa shape index (κ2) is 2.79. The second-order valence-corrected chi connectivity index (χ2v) is 3.08. The SMILES string of the molecule is O=Cc1ccc2c(c1)OC(Br)O2. The molecule has 12 heavy (non-hydrogen) atoms. The van der Waals surface area contributed by atoms with E-state index in [1.54, 1.807) is 18.2 Å². The first-order chi connectivity index (χ1) is 5.79. The van der Waals surface area contributed by atoms with Gasteiger partial charge in [0, 0.05) is 21.5 Å². The van der Waals surface area contributed by atoms with Gasteiger partial charge in [-0.05, 0) is 18.2 Å². The van der Waals surface area contributed by atoms with Crippen molar-refractivity contribution in [2.24, 2.45) is 0 Å². The first-order valence-electron chi connectivity index (χ1n) is 3.36. The van der Waals surface area contributed by atoms with Crippen LogP contribution >= 0.6 is 15.9 Å². The maximum Gasteiger partial charge on any atom is 0.298 e. The fourth-order valence-electron chi connectivity index (χ4n) is 1.01. The highest BCUT2D eigenvalue weighted by molar-refractivity contribution is 9.09. The number of aldehydes is 1. The molecule has 0 bridgehead atoms. The van der Waals surface area contributed by atoms with E-state index >= 15 is 0 Å². The van der Waals surface area contributed by atoms with Gasteiger partial charge in [-0.1, -0.05) is 0 Å². The molecule has 0 amide bonds. The summed E-state index contributed by atoms with van der Waals surface area (Å²) in [6, 6.07) is 5.03. The van der Waals surface area contributed by atoms with E-state index in [0.29, 0.717) is 17.1 Å². The monoisotopic (exact) mass is 228 g/mol. The van der Waals surface area contributed by atoms with Crippen LogP contribution in [0.3, 0.4) is 0 Å². The van der Waals surface area contributed by atoms with Gasteiger partial charge < -0.3 is 9.47 Å². The molecule has 3 nitrogen and oxygen atoms in total. The minimum atomic E-state index is -0.436. The van der Waals surface area contributed by atoms with Gasteiger partial charge in [0.05, 0.1) is 0 Å². The number of halogens is 1. The Labute approximate surface area is 77.4 Å². The maximum absolute atomic E-state index is 10.4. The van der Waals surface area contributed by atoms with Crippen molar-refractivity contribution in [3.8, 4) is 11.5 Å². The van der Waals surface area contributed by atoms with Crippen LogP contribution in [0.1, 0.15) is 10.4 Å². The van der Waals surface area contributed by atoms with E-state index in [1.165, 1.54) is 0 Å². The summed E-state index contributed by atoms with van der Waals surface area (Å²) in [4.78, 5) is 10.4. The third-order valence-electron chi connectivity index (χ3n) is 1.54. The van der Waals surface area contributed by atoms with Crippen LogP contribution < -0.4 is 9.47 Å². The molecular weight excluding hydrogens is 224 g/mol. The molecule has 0 N–H and O–H groups in total. The molecule has 2 rings (SSSR count). The number of hydrogen-bond acceptors (Lipinski definition) is 3. The molecule has 1 aliphatic rings. The summed E-state index contributed by atoms with van der Waals surface area (Å²) in [5, 5.41) is -0.436. The maximum atomic E-state index is 10.4. The number of ether oxygens (including phenoxy) is 2.